The fourth-order valence-corrected chi connectivity index (χ4v) is 5.75. The van der Waals surface area contributed by atoms with Gasteiger partial charge < -0.3 is 19.5 Å². The van der Waals surface area contributed by atoms with Crippen LogP contribution in [0.3, 0.4) is 0 Å². The van der Waals surface area contributed by atoms with Crippen molar-refractivity contribution in [3.63, 3.8) is 0 Å². The zero-order valence-corrected chi connectivity index (χ0v) is 18.6. The van der Waals surface area contributed by atoms with E-state index in [1.54, 1.807) is 20.8 Å². The van der Waals surface area contributed by atoms with E-state index in [1.807, 2.05) is 0 Å². The number of thioether (sulfide) groups is 1. The van der Waals surface area contributed by atoms with E-state index in [2.05, 4.69) is 0 Å². The Labute approximate surface area is 183 Å². The molecule has 10 heteroatoms. The maximum Gasteiger partial charge on any atom is 0.417 e. The first-order valence-corrected chi connectivity index (χ1v) is 10.8. The summed E-state index contributed by atoms with van der Waals surface area (Å²) in [6, 6.07) is 3.61. The Morgan fingerprint density at radius 1 is 1.19 bits per heavy atom. The smallest absolute Gasteiger partial charge is 0.417 e. The van der Waals surface area contributed by atoms with Crippen molar-refractivity contribution in [1.82, 2.24) is 4.90 Å². The predicted molar refractivity (Wildman–Crippen MR) is 108 cm³/mol. The molecule has 1 aromatic carbocycles. The van der Waals surface area contributed by atoms with Crippen molar-refractivity contribution < 1.29 is 37.3 Å². The second-order valence-electron chi connectivity index (χ2n) is 8.77. The van der Waals surface area contributed by atoms with Gasteiger partial charge in [-0.15, -0.1) is 11.8 Å². The van der Waals surface area contributed by atoms with Gasteiger partial charge in [-0.05, 0) is 51.2 Å². The number of nitrogens with zero attached hydrogens (tertiary/aromatic N) is 1. The summed E-state index contributed by atoms with van der Waals surface area (Å²) in [6.45, 7) is 5.79. The van der Waals surface area contributed by atoms with Crippen LogP contribution in [0.5, 0.6) is 0 Å². The van der Waals surface area contributed by atoms with Crippen LogP contribution in [0, 0.1) is 5.92 Å². The number of aliphatic hydroxyl groups is 1. The van der Waals surface area contributed by atoms with E-state index in [9.17, 15) is 27.9 Å². The van der Waals surface area contributed by atoms with Gasteiger partial charge in [-0.2, -0.15) is 13.2 Å². The summed E-state index contributed by atoms with van der Waals surface area (Å²) in [5.41, 5.74) is -3.30. The Hall–Kier alpha value is -1.94. The van der Waals surface area contributed by atoms with Crippen molar-refractivity contribution in [2.24, 2.45) is 5.92 Å². The summed E-state index contributed by atoms with van der Waals surface area (Å²) in [4.78, 5) is 26.2. The number of likely N-dealkylation sites (tertiary alicyclic amines) is 1. The van der Waals surface area contributed by atoms with Gasteiger partial charge in [0.25, 0.3) is 0 Å². The van der Waals surface area contributed by atoms with Crippen LogP contribution in [-0.2, 0) is 26.0 Å². The molecule has 2 aliphatic rings. The van der Waals surface area contributed by atoms with Gasteiger partial charge in [0.05, 0.1) is 12.7 Å². The van der Waals surface area contributed by atoms with Crippen molar-refractivity contribution in [3.05, 3.63) is 29.3 Å². The molecule has 1 saturated heterocycles. The minimum Gasteiger partial charge on any atom is -0.468 e. The second kappa shape index (κ2) is 8.20. The van der Waals surface area contributed by atoms with Gasteiger partial charge in [0, 0.05) is 18.0 Å². The lowest BCUT2D eigenvalue weighted by Crippen LogP contribution is -2.51. The Balaban J connectivity index is 1.91. The number of rotatable bonds is 2. The zero-order valence-electron chi connectivity index (χ0n) is 17.8. The fourth-order valence-electron chi connectivity index (χ4n) is 4.15. The quantitative estimate of drug-likeness (QED) is 0.666. The number of benzene rings is 1. The van der Waals surface area contributed by atoms with Crippen LogP contribution in [0.25, 0.3) is 0 Å². The highest BCUT2D eigenvalue weighted by Crippen LogP contribution is 2.57. The second-order valence-corrected chi connectivity index (χ2v) is 9.88. The van der Waals surface area contributed by atoms with Gasteiger partial charge in [-0.3, -0.25) is 4.79 Å². The number of piperidine rings is 1. The van der Waals surface area contributed by atoms with Crippen molar-refractivity contribution in [2.75, 3.05) is 20.2 Å². The van der Waals surface area contributed by atoms with Crippen LogP contribution in [0.1, 0.15) is 44.7 Å². The fraction of sp³-hybridized carbons (Fsp3) is 0.619. The first-order valence-electron chi connectivity index (χ1n) is 9.94. The highest BCUT2D eigenvalue weighted by Gasteiger charge is 2.57. The molecule has 1 fully saturated rings. The minimum absolute atomic E-state index is 0.0819. The molecule has 31 heavy (non-hydrogen) atoms. The number of methoxy groups -OCH3 is 1. The molecule has 2 aliphatic heterocycles. The minimum atomic E-state index is -4.62. The largest absolute Gasteiger partial charge is 0.468 e. The van der Waals surface area contributed by atoms with E-state index in [-0.39, 0.29) is 23.5 Å². The monoisotopic (exact) mass is 461 g/mol. The lowest BCUT2D eigenvalue weighted by atomic mass is 9.73. The molecular weight excluding hydrogens is 435 g/mol. The summed E-state index contributed by atoms with van der Waals surface area (Å²) in [5, 5.41) is 10.5. The summed E-state index contributed by atoms with van der Waals surface area (Å²) in [5.74, 6) is -1.32. The molecule has 1 aromatic rings. The molecular formula is C21H26F3NO5S. The number of carbonyl (C=O) groups excluding carboxylic acids is 2. The van der Waals surface area contributed by atoms with Crippen molar-refractivity contribution >= 4 is 23.8 Å². The lowest BCUT2D eigenvalue weighted by molar-refractivity contribution is -0.149. The molecule has 2 heterocycles. The van der Waals surface area contributed by atoms with E-state index in [4.69, 9.17) is 9.47 Å². The molecule has 1 unspecified atom stereocenters. The van der Waals surface area contributed by atoms with E-state index < -0.39 is 46.2 Å². The van der Waals surface area contributed by atoms with Crippen LogP contribution in [-0.4, -0.2) is 53.1 Å². The topological polar surface area (TPSA) is 76.1 Å². The first kappa shape index (κ1) is 23.7. The molecule has 3 rings (SSSR count). The summed E-state index contributed by atoms with van der Waals surface area (Å²) < 4.78 is 50.8. The van der Waals surface area contributed by atoms with E-state index in [0.717, 1.165) is 13.2 Å². The molecule has 1 N–H and O–H groups in total. The Morgan fingerprint density at radius 3 is 2.32 bits per heavy atom. The van der Waals surface area contributed by atoms with Crippen molar-refractivity contribution in [2.45, 2.75) is 61.1 Å². The standard InChI is InChI=1S/C21H26F3NO5S/c1-19(2,3)30-18(27)25-10-8-12(9-11-25)20(28)13-6-5-7-14(21(22,23)24)15(13)31-16(20)17(26)29-4/h5-7,12,16,28H,8-11H2,1-4H3/t16?,20-/m1/s1. The number of halogens is 3. The molecule has 2 atom stereocenters. The first-order chi connectivity index (χ1) is 14.3. The average Bonchev–Trinajstić information content (AvgIpc) is 2.99. The number of amides is 1. The molecule has 1 amide bonds. The normalized spacial score (nSPS) is 24.6. The molecule has 0 bridgehead atoms. The van der Waals surface area contributed by atoms with Crippen LogP contribution < -0.4 is 0 Å². The Kier molecular flexibility index (Phi) is 6.27. The number of carbonyl (C=O) groups is 2. The number of ether oxygens (including phenoxy) is 2. The van der Waals surface area contributed by atoms with Gasteiger partial charge in [0.2, 0.25) is 0 Å². The molecule has 0 spiro atoms. The van der Waals surface area contributed by atoms with Crippen LogP contribution in [0.15, 0.2) is 23.1 Å². The van der Waals surface area contributed by atoms with E-state index in [1.165, 1.54) is 17.0 Å². The third-order valence-corrected chi connectivity index (χ3v) is 7.03. The Morgan fingerprint density at radius 2 is 1.81 bits per heavy atom. The highest BCUT2D eigenvalue weighted by molar-refractivity contribution is 8.01. The molecule has 0 aromatic heterocycles. The number of hydrogen-bond donors (Lipinski definition) is 1. The van der Waals surface area contributed by atoms with Gasteiger partial charge in [0.1, 0.15) is 16.5 Å². The van der Waals surface area contributed by atoms with Gasteiger partial charge in [-0.25, -0.2) is 4.79 Å². The third-order valence-electron chi connectivity index (χ3n) is 5.57. The molecule has 0 saturated carbocycles. The van der Waals surface area contributed by atoms with E-state index >= 15 is 0 Å². The summed E-state index contributed by atoms with van der Waals surface area (Å²) >= 11 is 0.688. The maximum absolute atomic E-state index is 13.6. The summed E-state index contributed by atoms with van der Waals surface area (Å²) in [7, 11) is 1.14. The highest BCUT2D eigenvalue weighted by atomic mass is 32.2. The number of hydrogen-bond acceptors (Lipinski definition) is 6. The van der Waals surface area contributed by atoms with Crippen LogP contribution in [0.4, 0.5) is 18.0 Å². The van der Waals surface area contributed by atoms with Crippen molar-refractivity contribution in [3.8, 4) is 0 Å². The summed E-state index contributed by atoms with van der Waals surface area (Å²) in [6.07, 6.45) is -4.49. The third kappa shape index (κ3) is 4.50. The van der Waals surface area contributed by atoms with Gasteiger partial charge in [0.15, 0.2) is 0 Å². The predicted octanol–water partition coefficient (Wildman–Crippen LogP) is 4.19. The molecule has 0 aliphatic carbocycles. The lowest BCUT2D eigenvalue weighted by Gasteiger charge is -2.42. The van der Waals surface area contributed by atoms with Crippen molar-refractivity contribution in [1.29, 1.82) is 0 Å². The number of esters is 1. The molecule has 0 radical (unpaired) electrons. The maximum atomic E-state index is 13.6. The zero-order chi connectivity index (χ0) is 23.2. The Bertz CT molecular complexity index is 862. The average molecular weight is 462 g/mol. The number of fused-ring (bicyclic) bond motifs is 1. The van der Waals surface area contributed by atoms with Crippen LogP contribution >= 0.6 is 11.8 Å². The van der Waals surface area contributed by atoms with Gasteiger partial charge >= 0.3 is 18.2 Å². The van der Waals surface area contributed by atoms with Gasteiger partial charge in [-0.1, -0.05) is 12.1 Å². The number of alkyl halides is 3. The molecule has 172 valence electrons. The van der Waals surface area contributed by atoms with E-state index in [0.29, 0.717) is 24.6 Å². The molecule has 6 nitrogen and oxygen atoms in total. The van der Waals surface area contributed by atoms with Crippen LogP contribution in [0.2, 0.25) is 0 Å². The SMILES string of the molecule is COC(=O)C1Sc2c(C(F)(F)F)cccc2[C@]1(O)C1CCN(C(=O)OC(C)(C)C)CC1.